The second kappa shape index (κ2) is 1.72. The van der Waals surface area contributed by atoms with Gasteiger partial charge in [0.2, 0.25) is 5.91 Å². The number of epoxide rings is 1. The highest BCUT2D eigenvalue weighted by molar-refractivity contribution is 5.78. The van der Waals surface area contributed by atoms with Gasteiger partial charge < -0.3 is 9.64 Å². The molecule has 2 aliphatic rings. The Kier molecular flexibility index (Phi) is 1.06. The zero-order chi connectivity index (χ0) is 7.30. The first-order valence-corrected chi connectivity index (χ1v) is 3.61. The van der Waals surface area contributed by atoms with Crippen LogP contribution in [0.3, 0.4) is 0 Å². The molecule has 10 heavy (non-hydrogen) atoms. The quantitative estimate of drug-likeness (QED) is 0.452. The summed E-state index contributed by atoms with van der Waals surface area (Å²) in [6.45, 7) is 2.07. The van der Waals surface area contributed by atoms with Crippen LogP contribution in [0, 0.1) is 5.92 Å². The summed E-state index contributed by atoms with van der Waals surface area (Å²) in [7, 11) is 1.80. The van der Waals surface area contributed by atoms with Gasteiger partial charge in [0.05, 0.1) is 0 Å². The van der Waals surface area contributed by atoms with Crippen LogP contribution in [0.1, 0.15) is 13.3 Å². The standard InChI is InChI=1S/C7H11NO2/c1-4-3-5(9)8(2)7-6(4)10-7/h4,6-7H,3H2,1-2H3. The average Bonchev–Trinajstić information content (AvgIpc) is 2.61. The minimum Gasteiger partial charge on any atom is -0.347 e. The molecule has 0 aromatic carbocycles. The molecule has 0 N–H and O–H groups in total. The van der Waals surface area contributed by atoms with Gasteiger partial charge in [0.15, 0.2) is 6.23 Å². The predicted molar refractivity (Wildman–Crippen MR) is 35.2 cm³/mol. The Morgan fingerprint density at radius 1 is 1.70 bits per heavy atom. The molecule has 0 bridgehead atoms. The first-order chi connectivity index (χ1) is 4.70. The molecular formula is C7H11NO2. The second-order valence-electron chi connectivity index (χ2n) is 3.18. The van der Waals surface area contributed by atoms with Gasteiger partial charge in [-0.2, -0.15) is 0 Å². The monoisotopic (exact) mass is 141 g/mol. The number of likely N-dealkylation sites (tertiary alicyclic amines) is 1. The van der Waals surface area contributed by atoms with Gasteiger partial charge in [-0.15, -0.1) is 0 Å². The Morgan fingerprint density at radius 3 is 3.10 bits per heavy atom. The molecule has 2 heterocycles. The van der Waals surface area contributed by atoms with E-state index < -0.39 is 0 Å². The molecule has 0 radical (unpaired) electrons. The third-order valence-electron chi connectivity index (χ3n) is 2.33. The fourth-order valence-corrected chi connectivity index (χ4v) is 1.52. The van der Waals surface area contributed by atoms with Crippen molar-refractivity contribution in [3.63, 3.8) is 0 Å². The number of carbonyl (C=O) groups is 1. The van der Waals surface area contributed by atoms with Crippen LogP contribution in [0.4, 0.5) is 0 Å². The van der Waals surface area contributed by atoms with E-state index in [1.165, 1.54) is 0 Å². The Balaban J connectivity index is 2.12. The number of fused-ring (bicyclic) bond motifs is 1. The number of hydrogen-bond donors (Lipinski definition) is 0. The minimum absolute atomic E-state index is 0.108. The Labute approximate surface area is 60.0 Å². The van der Waals surface area contributed by atoms with Crippen molar-refractivity contribution in [3.8, 4) is 0 Å². The fraction of sp³-hybridized carbons (Fsp3) is 0.857. The van der Waals surface area contributed by atoms with Gasteiger partial charge >= 0.3 is 0 Å². The molecule has 0 aromatic rings. The highest BCUT2D eigenvalue weighted by Crippen LogP contribution is 2.37. The number of carbonyl (C=O) groups excluding carboxylic acids is 1. The molecule has 1 amide bonds. The zero-order valence-corrected chi connectivity index (χ0v) is 6.20. The van der Waals surface area contributed by atoms with Crippen LogP contribution in [0.2, 0.25) is 0 Å². The second-order valence-corrected chi connectivity index (χ2v) is 3.18. The molecule has 3 unspecified atom stereocenters. The average molecular weight is 141 g/mol. The molecule has 2 saturated heterocycles. The fourth-order valence-electron chi connectivity index (χ4n) is 1.52. The summed E-state index contributed by atoms with van der Waals surface area (Å²) in [6, 6.07) is 0. The molecule has 0 saturated carbocycles. The summed E-state index contributed by atoms with van der Waals surface area (Å²) < 4.78 is 5.28. The summed E-state index contributed by atoms with van der Waals surface area (Å²) in [5.74, 6) is 0.639. The summed E-state index contributed by atoms with van der Waals surface area (Å²) in [4.78, 5) is 12.8. The molecule has 56 valence electrons. The maximum absolute atomic E-state index is 11.1. The van der Waals surface area contributed by atoms with Gasteiger partial charge in [0.25, 0.3) is 0 Å². The van der Waals surface area contributed by atoms with Crippen molar-refractivity contribution in [1.82, 2.24) is 4.90 Å². The minimum atomic E-state index is 0.108. The lowest BCUT2D eigenvalue weighted by Gasteiger charge is -2.21. The van der Waals surface area contributed by atoms with Crippen LogP contribution >= 0.6 is 0 Å². The first kappa shape index (κ1) is 6.16. The lowest BCUT2D eigenvalue weighted by Crippen LogP contribution is -2.37. The van der Waals surface area contributed by atoms with Crippen molar-refractivity contribution in [2.24, 2.45) is 5.92 Å². The Hall–Kier alpha value is -0.570. The predicted octanol–water partition coefficient (Wildman–Crippen LogP) is 0.210. The number of nitrogens with zero attached hydrogens (tertiary/aromatic N) is 1. The van der Waals surface area contributed by atoms with Gasteiger partial charge in [-0.25, -0.2) is 0 Å². The lowest BCUT2D eigenvalue weighted by molar-refractivity contribution is -0.133. The van der Waals surface area contributed by atoms with Crippen LogP contribution in [0.25, 0.3) is 0 Å². The summed E-state index contributed by atoms with van der Waals surface area (Å²) >= 11 is 0. The maximum Gasteiger partial charge on any atom is 0.224 e. The van der Waals surface area contributed by atoms with E-state index in [1.807, 2.05) is 0 Å². The van der Waals surface area contributed by atoms with Gasteiger partial charge in [-0.3, -0.25) is 4.79 Å². The molecule has 0 spiro atoms. The highest BCUT2D eigenvalue weighted by atomic mass is 16.6. The third-order valence-corrected chi connectivity index (χ3v) is 2.33. The lowest BCUT2D eigenvalue weighted by atomic mass is 9.99. The van der Waals surface area contributed by atoms with Crippen molar-refractivity contribution < 1.29 is 9.53 Å². The van der Waals surface area contributed by atoms with Crippen LogP contribution in [0.5, 0.6) is 0 Å². The smallest absolute Gasteiger partial charge is 0.224 e. The van der Waals surface area contributed by atoms with E-state index in [2.05, 4.69) is 6.92 Å². The summed E-state index contributed by atoms with van der Waals surface area (Å²) in [5.41, 5.74) is 0. The molecule has 0 aromatic heterocycles. The Bertz CT molecular complexity index is 180. The number of ether oxygens (including phenoxy) is 1. The van der Waals surface area contributed by atoms with Crippen LogP contribution in [-0.4, -0.2) is 30.2 Å². The van der Waals surface area contributed by atoms with Gasteiger partial charge in [0, 0.05) is 13.5 Å². The number of hydrogen-bond acceptors (Lipinski definition) is 2. The molecule has 3 heteroatoms. The molecular weight excluding hydrogens is 130 g/mol. The summed E-state index contributed by atoms with van der Waals surface area (Å²) in [6.07, 6.45) is 1.09. The topological polar surface area (TPSA) is 32.8 Å². The molecule has 2 fully saturated rings. The maximum atomic E-state index is 11.1. The molecule has 0 aliphatic carbocycles. The SMILES string of the molecule is CC1CC(=O)N(C)C2OC12. The van der Waals surface area contributed by atoms with E-state index in [-0.39, 0.29) is 12.1 Å². The molecule has 2 aliphatic heterocycles. The van der Waals surface area contributed by atoms with Crippen molar-refractivity contribution in [2.45, 2.75) is 25.7 Å². The normalized spacial score (nSPS) is 45.2. The van der Waals surface area contributed by atoms with E-state index >= 15 is 0 Å². The number of rotatable bonds is 0. The largest absolute Gasteiger partial charge is 0.347 e. The number of amides is 1. The van der Waals surface area contributed by atoms with Crippen LogP contribution < -0.4 is 0 Å². The van der Waals surface area contributed by atoms with Crippen molar-refractivity contribution >= 4 is 5.91 Å². The van der Waals surface area contributed by atoms with E-state index in [1.54, 1.807) is 11.9 Å². The van der Waals surface area contributed by atoms with Crippen molar-refractivity contribution in [3.05, 3.63) is 0 Å². The number of piperidine rings is 1. The zero-order valence-electron chi connectivity index (χ0n) is 6.20. The third kappa shape index (κ3) is 0.669. The van der Waals surface area contributed by atoms with E-state index in [9.17, 15) is 4.79 Å². The summed E-state index contributed by atoms with van der Waals surface area (Å²) in [5, 5.41) is 0. The van der Waals surface area contributed by atoms with E-state index in [0.717, 1.165) is 0 Å². The number of likely N-dealkylation sites (N-methyl/N-ethyl adjacent to an activating group) is 1. The molecule has 2 rings (SSSR count). The van der Waals surface area contributed by atoms with Crippen LogP contribution in [-0.2, 0) is 9.53 Å². The van der Waals surface area contributed by atoms with Crippen molar-refractivity contribution in [1.29, 1.82) is 0 Å². The van der Waals surface area contributed by atoms with Gasteiger partial charge in [-0.05, 0) is 5.92 Å². The molecule has 3 atom stereocenters. The van der Waals surface area contributed by atoms with Gasteiger partial charge in [0.1, 0.15) is 6.10 Å². The van der Waals surface area contributed by atoms with Crippen molar-refractivity contribution in [2.75, 3.05) is 7.05 Å². The van der Waals surface area contributed by atoms with E-state index in [0.29, 0.717) is 18.4 Å². The highest BCUT2D eigenvalue weighted by Gasteiger charge is 2.51. The first-order valence-electron chi connectivity index (χ1n) is 3.61. The van der Waals surface area contributed by atoms with Gasteiger partial charge in [-0.1, -0.05) is 6.92 Å². The Morgan fingerprint density at radius 2 is 2.40 bits per heavy atom. The molecule has 3 nitrogen and oxygen atoms in total. The van der Waals surface area contributed by atoms with Crippen LogP contribution in [0.15, 0.2) is 0 Å². The van der Waals surface area contributed by atoms with E-state index in [4.69, 9.17) is 4.74 Å².